The van der Waals surface area contributed by atoms with E-state index >= 15 is 0 Å². The molecule has 0 amide bonds. The van der Waals surface area contributed by atoms with E-state index in [0.29, 0.717) is 23.3 Å². The van der Waals surface area contributed by atoms with E-state index in [4.69, 9.17) is 29.3 Å². The van der Waals surface area contributed by atoms with Crippen LogP contribution in [0.3, 0.4) is 0 Å². The van der Waals surface area contributed by atoms with Gasteiger partial charge in [-0.2, -0.15) is 0 Å². The van der Waals surface area contributed by atoms with E-state index in [1.165, 1.54) is 4.70 Å². The van der Waals surface area contributed by atoms with Crippen molar-refractivity contribution in [3.63, 3.8) is 0 Å². The lowest BCUT2D eigenvalue weighted by atomic mass is 10.0. The second kappa shape index (κ2) is 19.8. The zero-order valence-electron chi connectivity index (χ0n) is 39.2. The lowest BCUT2D eigenvalue weighted by Crippen LogP contribution is -2.01. The molecule has 7 aromatic carbocycles. The van der Waals surface area contributed by atoms with Gasteiger partial charge in [-0.15, -0.1) is 24.5 Å². The number of rotatable bonds is 8. The smallest absolute Gasteiger partial charge is 0.164 e. The summed E-state index contributed by atoms with van der Waals surface area (Å²) in [6, 6.07) is 57.9. The van der Waals surface area contributed by atoms with Crippen LogP contribution >= 0.6 is 11.3 Å². The van der Waals surface area contributed by atoms with Crippen LogP contribution in [0.25, 0.3) is 128 Å². The molecule has 0 N–H and O–H groups in total. The molecule has 0 aliphatic carbocycles. The van der Waals surface area contributed by atoms with E-state index in [1.54, 1.807) is 23.5 Å². The van der Waals surface area contributed by atoms with Crippen molar-refractivity contribution in [2.75, 3.05) is 0 Å². The monoisotopic (exact) mass is 924 g/mol. The minimum Gasteiger partial charge on any atom is -0.456 e. The summed E-state index contributed by atoms with van der Waals surface area (Å²) in [5, 5.41) is 4.07. The van der Waals surface area contributed by atoms with Crippen molar-refractivity contribution >= 4 is 76.6 Å². The fourth-order valence-corrected chi connectivity index (χ4v) is 10.0. The Bertz CT molecular complexity index is 3920. The Morgan fingerprint density at radius 1 is 0.514 bits per heavy atom. The Balaban J connectivity index is 0.000000902. The van der Waals surface area contributed by atoms with Gasteiger partial charge in [0, 0.05) is 65.3 Å². The van der Waals surface area contributed by atoms with Gasteiger partial charge < -0.3 is 8.98 Å². The topological polar surface area (TPSA) is 82.5 Å². The zero-order valence-corrected chi connectivity index (χ0v) is 40.0. The maximum atomic E-state index is 6.67. The minimum atomic E-state index is 0.548. The Morgan fingerprint density at radius 3 is 1.81 bits per heavy atom. The molecule has 5 aromatic heterocycles. The summed E-state index contributed by atoms with van der Waals surface area (Å²) < 4.78 is 11.2. The highest BCUT2D eigenvalue weighted by Gasteiger charge is 2.22. The summed E-state index contributed by atoms with van der Waals surface area (Å²) in [4.78, 5) is 26.0. The molecule has 8 heteroatoms. The largest absolute Gasteiger partial charge is 0.456 e. The average molecular weight is 925 g/mol. The van der Waals surface area contributed by atoms with Crippen molar-refractivity contribution < 1.29 is 4.42 Å². The van der Waals surface area contributed by atoms with E-state index < -0.39 is 0 Å². The van der Waals surface area contributed by atoms with Crippen molar-refractivity contribution in [3.05, 3.63) is 219 Å². The third-order valence-corrected chi connectivity index (χ3v) is 12.9. The van der Waals surface area contributed by atoms with E-state index in [2.05, 4.69) is 152 Å². The summed E-state index contributed by atoms with van der Waals surface area (Å²) in [6.45, 7) is 16.7. The van der Waals surface area contributed by atoms with Gasteiger partial charge in [0.05, 0.1) is 27.1 Å². The predicted molar refractivity (Wildman–Crippen MR) is 296 cm³/mol. The molecule has 0 atom stereocenters. The molecule has 0 saturated carbocycles. The van der Waals surface area contributed by atoms with Crippen LogP contribution in [0.1, 0.15) is 32.0 Å². The van der Waals surface area contributed by atoms with Gasteiger partial charge >= 0.3 is 0 Å². The highest BCUT2D eigenvalue weighted by molar-refractivity contribution is 7.26. The average Bonchev–Trinajstić information content (AvgIpc) is 4.08. The fraction of sp³-hybridized carbons (Fsp3) is 0.0484. The molecule has 0 spiro atoms. The number of benzene rings is 7. The highest BCUT2D eigenvalue weighted by Crippen LogP contribution is 2.42. The first-order valence-electron chi connectivity index (χ1n) is 23.1. The number of nitrogens with zero attached hydrogens (tertiary/aromatic N) is 6. The van der Waals surface area contributed by atoms with Crippen molar-refractivity contribution in [2.24, 2.45) is 0 Å². The first kappa shape index (κ1) is 45.0. The van der Waals surface area contributed by atoms with Gasteiger partial charge in [-0.25, -0.2) is 24.9 Å². The third-order valence-electron chi connectivity index (χ3n) is 11.8. The van der Waals surface area contributed by atoms with Crippen LogP contribution in [0.2, 0.25) is 0 Å². The molecule has 12 rings (SSSR count). The molecular weight excluding hydrogens is 877 g/mol. The number of furan rings is 1. The Kier molecular flexibility index (Phi) is 12.7. The summed E-state index contributed by atoms with van der Waals surface area (Å²) in [5.74, 6) is 2.33. The normalized spacial score (nSPS) is 11.2. The molecule has 12 aromatic rings. The summed E-state index contributed by atoms with van der Waals surface area (Å²) in [6.07, 6.45) is 9.63. The quantitative estimate of drug-likeness (QED) is 0.141. The molecule has 0 saturated heterocycles. The van der Waals surface area contributed by atoms with Gasteiger partial charge in [0.25, 0.3) is 0 Å². The molecule has 0 fully saturated rings. The van der Waals surface area contributed by atoms with Crippen LogP contribution in [0.15, 0.2) is 212 Å². The van der Waals surface area contributed by atoms with E-state index in [-0.39, 0.29) is 0 Å². The number of aromatic nitrogens is 6. The van der Waals surface area contributed by atoms with E-state index in [1.807, 2.05) is 81.4 Å². The second-order valence-corrected chi connectivity index (χ2v) is 17.5. The van der Waals surface area contributed by atoms with E-state index in [0.717, 1.165) is 98.9 Å². The summed E-state index contributed by atoms with van der Waals surface area (Å²) in [5.41, 5.74) is 12.0. The SMILES string of the molecule is C=CC.C=CC.C=Cc1c(/C=C\C)n(-c2ccccc2)c2cc(-c3nc(-c4ccccc4)nc(-c4cccc5oc6cc(-c7nc(-c8ccccc8)c8sc9ccccc9c8n7)ccc6c45)n3)ccc12. The van der Waals surface area contributed by atoms with Crippen LogP contribution in [-0.4, -0.2) is 29.5 Å². The van der Waals surface area contributed by atoms with Crippen LogP contribution in [0.5, 0.6) is 0 Å². The fourth-order valence-electron chi connectivity index (χ4n) is 8.87. The lowest BCUT2D eigenvalue weighted by Gasteiger charge is -2.11. The lowest BCUT2D eigenvalue weighted by molar-refractivity contribution is 0.669. The molecule has 70 heavy (non-hydrogen) atoms. The number of allylic oxidation sites excluding steroid dienone is 3. The molecule has 5 heterocycles. The molecular formula is C62H48N6OS. The Labute approximate surface area is 410 Å². The minimum absolute atomic E-state index is 0.548. The summed E-state index contributed by atoms with van der Waals surface area (Å²) in [7, 11) is 0. The standard InChI is InChI=1S/C56H36N6OS.2C3H6/c1-3-17-44-39(4-2)40-30-28-36(32-45(40)62(44)38-22-12-7-13-23-38)55-59-53(35-20-10-6-11-21-35)60-56(61-55)43-25-16-26-46-49(43)41-31-29-37(33-47(41)63-46)54-57-50(34-18-8-5-9-19-34)52-51(58-54)42-24-14-15-27-48(42)64-52;2*1-3-2/h3-33H,2H2,1H3;2*3H,1H2,2H3/b17-3-;;. The van der Waals surface area contributed by atoms with Crippen LogP contribution in [0.4, 0.5) is 0 Å². The van der Waals surface area contributed by atoms with Gasteiger partial charge in [-0.05, 0) is 69.3 Å². The Hall–Kier alpha value is -8.85. The number of hydrogen-bond acceptors (Lipinski definition) is 7. The van der Waals surface area contributed by atoms with E-state index in [9.17, 15) is 0 Å². The molecule has 338 valence electrons. The first-order chi connectivity index (χ1) is 34.5. The summed E-state index contributed by atoms with van der Waals surface area (Å²) >= 11 is 1.73. The molecule has 7 nitrogen and oxygen atoms in total. The molecule has 0 unspecified atom stereocenters. The van der Waals surface area contributed by atoms with Crippen LogP contribution in [0, 0.1) is 0 Å². The maximum Gasteiger partial charge on any atom is 0.164 e. The van der Waals surface area contributed by atoms with Gasteiger partial charge in [-0.3, -0.25) is 0 Å². The number of thiophene rings is 1. The first-order valence-corrected chi connectivity index (χ1v) is 23.9. The number of para-hydroxylation sites is 1. The Morgan fingerprint density at radius 2 is 1.11 bits per heavy atom. The van der Waals surface area contributed by atoms with Crippen molar-refractivity contribution in [1.29, 1.82) is 0 Å². The maximum absolute atomic E-state index is 6.67. The van der Waals surface area contributed by atoms with Gasteiger partial charge in [0.2, 0.25) is 0 Å². The van der Waals surface area contributed by atoms with Gasteiger partial charge in [0.1, 0.15) is 11.2 Å². The zero-order chi connectivity index (χ0) is 48.1. The van der Waals surface area contributed by atoms with Crippen molar-refractivity contribution in [1.82, 2.24) is 29.5 Å². The van der Waals surface area contributed by atoms with Gasteiger partial charge in [0.15, 0.2) is 23.3 Å². The van der Waals surface area contributed by atoms with Gasteiger partial charge in [-0.1, -0.05) is 158 Å². The molecule has 0 radical (unpaired) electrons. The predicted octanol–water partition coefficient (Wildman–Crippen LogP) is 17.3. The van der Waals surface area contributed by atoms with Crippen molar-refractivity contribution in [3.8, 4) is 62.5 Å². The second-order valence-electron chi connectivity index (χ2n) is 16.4. The third kappa shape index (κ3) is 8.31. The number of fused-ring (bicyclic) bond motifs is 7. The number of hydrogen-bond donors (Lipinski definition) is 0. The molecule has 0 bridgehead atoms. The van der Waals surface area contributed by atoms with Crippen LogP contribution < -0.4 is 0 Å². The highest BCUT2D eigenvalue weighted by atomic mass is 32.1. The molecule has 0 aliphatic rings. The van der Waals surface area contributed by atoms with Crippen LogP contribution in [-0.2, 0) is 0 Å². The van der Waals surface area contributed by atoms with Crippen molar-refractivity contribution in [2.45, 2.75) is 20.8 Å². The molecule has 0 aliphatic heterocycles.